The van der Waals surface area contributed by atoms with Gasteiger partial charge in [-0.3, -0.25) is 4.79 Å². The fourth-order valence-electron chi connectivity index (χ4n) is 1.70. The summed E-state index contributed by atoms with van der Waals surface area (Å²) in [6.07, 6.45) is 1.87. The number of methoxy groups -OCH3 is 1. The molecule has 1 aromatic carbocycles. The summed E-state index contributed by atoms with van der Waals surface area (Å²) >= 11 is 0. The molecule has 0 aliphatic carbocycles. The zero-order valence-electron chi connectivity index (χ0n) is 12.2. The lowest BCUT2D eigenvalue weighted by Gasteiger charge is -2.13. The summed E-state index contributed by atoms with van der Waals surface area (Å²) in [7, 11) is 1.24. The predicted octanol–water partition coefficient (Wildman–Crippen LogP) is 0.826. The highest BCUT2D eigenvalue weighted by Gasteiger charge is 2.13. The Morgan fingerprint density at radius 3 is 2.67 bits per heavy atom. The van der Waals surface area contributed by atoms with Gasteiger partial charge < -0.3 is 20.5 Å². The van der Waals surface area contributed by atoms with E-state index in [1.54, 1.807) is 0 Å². The number of hydrogen-bond donors (Lipinski definition) is 3. The molecule has 1 rings (SSSR count). The Labute approximate surface area is 123 Å². The molecule has 0 unspecified atom stereocenters. The first-order valence-electron chi connectivity index (χ1n) is 6.66. The number of para-hydroxylation sites is 1. The Morgan fingerprint density at radius 2 is 2.05 bits per heavy atom. The number of rotatable bonds is 7. The van der Waals surface area contributed by atoms with Crippen LogP contribution >= 0.6 is 0 Å². The Balaban J connectivity index is 2.99. The quantitative estimate of drug-likeness (QED) is 0.512. The molecule has 1 aromatic rings. The van der Waals surface area contributed by atoms with Crippen molar-refractivity contribution in [2.45, 2.75) is 13.3 Å². The number of aliphatic hydroxyl groups is 1. The van der Waals surface area contributed by atoms with Crippen molar-refractivity contribution in [3.05, 3.63) is 41.6 Å². The molecule has 114 valence electrons. The normalized spacial score (nSPS) is 10.9. The van der Waals surface area contributed by atoms with Crippen LogP contribution in [-0.4, -0.2) is 37.2 Å². The Kier molecular flexibility index (Phi) is 6.97. The van der Waals surface area contributed by atoms with Crippen LogP contribution in [0.15, 0.2) is 36.0 Å². The lowest BCUT2D eigenvalue weighted by atomic mass is 10.1. The first-order chi connectivity index (χ1) is 10.1. The van der Waals surface area contributed by atoms with Gasteiger partial charge in [-0.2, -0.15) is 0 Å². The minimum absolute atomic E-state index is 0.0659. The highest BCUT2D eigenvalue weighted by Crippen LogP contribution is 2.17. The van der Waals surface area contributed by atoms with Crippen molar-refractivity contribution in [3.8, 4) is 0 Å². The van der Waals surface area contributed by atoms with Crippen LogP contribution in [0.4, 0.5) is 5.69 Å². The molecule has 1 amide bonds. The standard InChI is InChI=1S/C15H20N2O4/c1-3-11-6-4-5-7-12(11)17-13(10-14(19)21-2)15(20)16-8-9-18/h4-7,10,17-18H,3,8-9H2,1-2H3,(H,16,20)/b13-10-. The van der Waals surface area contributed by atoms with Gasteiger partial charge in [-0.15, -0.1) is 0 Å². The number of hydrogen-bond acceptors (Lipinski definition) is 5. The second kappa shape index (κ2) is 8.76. The summed E-state index contributed by atoms with van der Waals surface area (Å²) in [5, 5.41) is 14.2. The molecule has 3 N–H and O–H groups in total. The number of anilines is 1. The van der Waals surface area contributed by atoms with E-state index in [-0.39, 0.29) is 18.8 Å². The van der Waals surface area contributed by atoms with E-state index in [0.717, 1.165) is 23.7 Å². The van der Waals surface area contributed by atoms with Gasteiger partial charge in [-0.25, -0.2) is 4.79 Å². The van der Waals surface area contributed by atoms with Crippen LogP contribution in [0.1, 0.15) is 12.5 Å². The highest BCUT2D eigenvalue weighted by molar-refractivity contribution is 6.01. The maximum atomic E-state index is 12.0. The predicted molar refractivity (Wildman–Crippen MR) is 79.6 cm³/mol. The van der Waals surface area contributed by atoms with Gasteiger partial charge in [-0.1, -0.05) is 25.1 Å². The van der Waals surface area contributed by atoms with E-state index in [0.29, 0.717) is 0 Å². The third-order valence-electron chi connectivity index (χ3n) is 2.77. The van der Waals surface area contributed by atoms with E-state index in [4.69, 9.17) is 5.11 Å². The molecule has 0 saturated carbocycles. The molecule has 21 heavy (non-hydrogen) atoms. The van der Waals surface area contributed by atoms with Crippen LogP contribution in [0, 0.1) is 0 Å². The number of benzene rings is 1. The van der Waals surface area contributed by atoms with Crippen LogP contribution in [-0.2, 0) is 20.7 Å². The van der Waals surface area contributed by atoms with E-state index < -0.39 is 11.9 Å². The third-order valence-corrected chi connectivity index (χ3v) is 2.77. The van der Waals surface area contributed by atoms with Gasteiger partial charge in [0.25, 0.3) is 5.91 Å². The van der Waals surface area contributed by atoms with E-state index >= 15 is 0 Å². The molecule has 0 atom stereocenters. The first kappa shape index (κ1) is 16.7. The number of amides is 1. The highest BCUT2D eigenvalue weighted by atomic mass is 16.5. The fourth-order valence-corrected chi connectivity index (χ4v) is 1.70. The summed E-state index contributed by atoms with van der Waals surface area (Å²) in [5.74, 6) is -1.12. The molecular formula is C15H20N2O4. The number of nitrogens with one attached hydrogen (secondary N) is 2. The molecule has 0 heterocycles. The van der Waals surface area contributed by atoms with Crippen LogP contribution in [0.3, 0.4) is 0 Å². The fraction of sp³-hybridized carbons (Fsp3) is 0.333. The molecule has 0 aliphatic rings. The average Bonchev–Trinajstić information content (AvgIpc) is 2.52. The molecule has 0 bridgehead atoms. The van der Waals surface area contributed by atoms with Crippen LogP contribution < -0.4 is 10.6 Å². The van der Waals surface area contributed by atoms with Crippen molar-refractivity contribution >= 4 is 17.6 Å². The molecule has 6 heteroatoms. The topological polar surface area (TPSA) is 87.7 Å². The van der Waals surface area contributed by atoms with Crippen molar-refractivity contribution in [2.75, 3.05) is 25.6 Å². The number of ether oxygens (including phenoxy) is 1. The minimum Gasteiger partial charge on any atom is -0.466 e. The van der Waals surface area contributed by atoms with Gasteiger partial charge in [0.15, 0.2) is 0 Å². The average molecular weight is 292 g/mol. The molecule has 0 aromatic heterocycles. The second-order valence-corrected chi connectivity index (χ2v) is 4.20. The van der Waals surface area contributed by atoms with Crippen molar-refractivity contribution in [2.24, 2.45) is 0 Å². The van der Waals surface area contributed by atoms with Crippen molar-refractivity contribution < 1.29 is 19.4 Å². The Morgan fingerprint density at radius 1 is 1.33 bits per heavy atom. The van der Waals surface area contributed by atoms with E-state index in [9.17, 15) is 9.59 Å². The number of carbonyl (C=O) groups excluding carboxylic acids is 2. The van der Waals surface area contributed by atoms with Gasteiger partial charge in [0.2, 0.25) is 0 Å². The third kappa shape index (κ3) is 5.27. The van der Waals surface area contributed by atoms with Crippen molar-refractivity contribution in [1.82, 2.24) is 5.32 Å². The molecule has 6 nitrogen and oxygen atoms in total. The molecule has 0 aliphatic heterocycles. The smallest absolute Gasteiger partial charge is 0.332 e. The zero-order valence-corrected chi connectivity index (χ0v) is 12.2. The van der Waals surface area contributed by atoms with Crippen LogP contribution in [0.25, 0.3) is 0 Å². The second-order valence-electron chi connectivity index (χ2n) is 4.20. The monoisotopic (exact) mass is 292 g/mol. The lowest BCUT2D eigenvalue weighted by molar-refractivity contribution is -0.135. The molecule has 0 radical (unpaired) electrons. The maximum absolute atomic E-state index is 12.0. The first-order valence-corrected chi connectivity index (χ1v) is 6.66. The zero-order chi connectivity index (χ0) is 15.7. The molecule has 0 fully saturated rings. The van der Waals surface area contributed by atoms with Gasteiger partial charge >= 0.3 is 5.97 Å². The van der Waals surface area contributed by atoms with E-state index in [2.05, 4.69) is 15.4 Å². The maximum Gasteiger partial charge on any atom is 0.332 e. The number of carbonyl (C=O) groups is 2. The Hall–Kier alpha value is -2.34. The van der Waals surface area contributed by atoms with Crippen LogP contribution in [0.5, 0.6) is 0 Å². The van der Waals surface area contributed by atoms with Gasteiger partial charge in [0.05, 0.1) is 19.8 Å². The lowest BCUT2D eigenvalue weighted by Crippen LogP contribution is -2.31. The van der Waals surface area contributed by atoms with E-state index in [1.165, 1.54) is 7.11 Å². The SMILES string of the molecule is CCc1ccccc1N/C(=C\C(=O)OC)C(=O)NCCO. The molecule has 0 spiro atoms. The van der Waals surface area contributed by atoms with Crippen LogP contribution in [0.2, 0.25) is 0 Å². The summed E-state index contributed by atoms with van der Waals surface area (Å²) in [6.45, 7) is 1.92. The summed E-state index contributed by atoms with van der Waals surface area (Å²) in [5.41, 5.74) is 1.83. The molecule has 0 saturated heterocycles. The number of esters is 1. The Bertz CT molecular complexity index is 526. The minimum atomic E-state index is -0.634. The summed E-state index contributed by atoms with van der Waals surface area (Å²) in [6, 6.07) is 7.50. The summed E-state index contributed by atoms with van der Waals surface area (Å²) in [4.78, 5) is 23.4. The van der Waals surface area contributed by atoms with Crippen molar-refractivity contribution in [1.29, 1.82) is 0 Å². The van der Waals surface area contributed by atoms with Crippen molar-refractivity contribution in [3.63, 3.8) is 0 Å². The number of aliphatic hydroxyl groups excluding tert-OH is 1. The summed E-state index contributed by atoms with van der Waals surface area (Å²) < 4.78 is 4.54. The van der Waals surface area contributed by atoms with Gasteiger partial charge in [-0.05, 0) is 18.1 Å². The van der Waals surface area contributed by atoms with Gasteiger partial charge in [0, 0.05) is 12.2 Å². The van der Waals surface area contributed by atoms with Gasteiger partial charge in [0.1, 0.15) is 5.70 Å². The largest absolute Gasteiger partial charge is 0.466 e. The van der Waals surface area contributed by atoms with E-state index in [1.807, 2.05) is 31.2 Å². The number of aryl methyl sites for hydroxylation is 1. The molecular weight excluding hydrogens is 272 g/mol.